The zero-order chi connectivity index (χ0) is 19.0. The Kier molecular flexibility index (Phi) is 6.86. The van der Waals surface area contributed by atoms with E-state index in [9.17, 15) is 4.79 Å². The second-order valence-electron chi connectivity index (χ2n) is 7.81. The lowest BCUT2D eigenvalue weighted by molar-refractivity contribution is -0.118. The van der Waals surface area contributed by atoms with Crippen molar-refractivity contribution in [3.63, 3.8) is 0 Å². The van der Waals surface area contributed by atoms with Crippen molar-refractivity contribution in [1.29, 1.82) is 0 Å². The summed E-state index contributed by atoms with van der Waals surface area (Å²) in [5.41, 5.74) is 1.97. The molecular weight excluding hydrogens is 421 g/mol. The summed E-state index contributed by atoms with van der Waals surface area (Å²) in [6, 6.07) is 17.3. The number of benzene rings is 2. The molecule has 2 aromatic carbocycles. The third kappa shape index (κ3) is 4.38. The number of rotatable bonds is 4. The van der Waals surface area contributed by atoms with Crippen molar-refractivity contribution in [3.05, 3.63) is 60.8 Å². The molecule has 2 aliphatic rings. The summed E-state index contributed by atoms with van der Waals surface area (Å²) in [7, 11) is 0. The Morgan fingerprint density at radius 2 is 1.77 bits per heavy atom. The molecule has 0 bridgehead atoms. The molecular formula is C23H25Cl2N3O2. The van der Waals surface area contributed by atoms with E-state index in [4.69, 9.17) is 4.74 Å². The number of hydrogen-bond donors (Lipinski definition) is 2. The van der Waals surface area contributed by atoms with Crippen molar-refractivity contribution < 1.29 is 9.53 Å². The van der Waals surface area contributed by atoms with Crippen molar-refractivity contribution in [2.75, 3.05) is 18.4 Å². The first-order chi connectivity index (χ1) is 13.7. The standard InChI is InChI=1S/C23H23N3O2.2ClH/c27-22(19-15-23(19)10-13-24-14-11-23)26-16-5-7-17(8-6-16)28-21-9-12-25-20-4-2-1-3-18(20)21;;/h1-9,12,19,24H,10-11,13-15H2,(H,26,27);2*1H. The molecule has 1 spiro atoms. The molecule has 30 heavy (non-hydrogen) atoms. The van der Waals surface area contributed by atoms with E-state index < -0.39 is 0 Å². The third-order valence-electron chi connectivity index (χ3n) is 6.06. The van der Waals surface area contributed by atoms with E-state index in [2.05, 4.69) is 15.6 Å². The van der Waals surface area contributed by atoms with Crippen LogP contribution in [0.4, 0.5) is 5.69 Å². The summed E-state index contributed by atoms with van der Waals surface area (Å²) < 4.78 is 6.04. The number of pyridine rings is 1. The van der Waals surface area contributed by atoms with Crippen LogP contribution in [0.15, 0.2) is 60.8 Å². The first kappa shape index (κ1) is 22.3. The van der Waals surface area contributed by atoms with Crippen LogP contribution in [-0.4, -0.2) is 24.0 Å². The normalized spacial score (nSPS) is 18.7. The summed E-state index contributed by atoms with van der Waals surface area (Å²) in [6.07, 6.45) is 4.99. The topological polar surface area (TPSA) is 63.2 Å². The van der Waals surface area contributed by atoms with Gasteiger partial charge in [0.25, 0.3) is 0 Å². The maximum atomic E-state index is 12.6. The Labute approximate surface area is 188 Å². The number of amides is 1. The summed E-state index contributed by atoms with van der Waals surface area (Å²) >= 11 is 0. The van der Waals surface area contributed by atoms with Gasteiger partial charge in [-0.1, -0.05) is 12.1 Å². The van der Waals surface area contributed by atoms with Gasteiger partial charge in [0.15, 0.2) is 0 Å². The highest BCUT2D eigenvalue weighted by Gasteiger charge is 2.57. The Hall–Kier alpha value is -2.34. The third-order valence-corrected chi connectivity index (χ3v) is 6.06. The Morgan fingerprint density at radius 3 is 2.53 bits per heavy atom. The van der Waals surface area contributed by atoms with E-state index in [1.807, 2.05) is 54.6 Å². The van der Waals surface area contributed by atoms with Crippen molar-refractivity contribution >= 4 is 47.3 Å². The number of anilines is 1. The molecule has 0 radical (unpaired) electrons. The lowest BCUT2D eigenvalue weighted by atomic mass is 9.92. The maximum absolute atomic E-state index is 12.6. The van der Waals surface area contributed by atoms with Crippen LogP contribution in [0.25, 0.3) is 10.9 Å². The number of aromatic nitrogens is 1. The first-order valence-corrected chi connectivity index (χ1v) is 9.87. The number of fused-ring (bicyclic) bond motifs is 1. The molecule has 2 fully saturated rings. The zero-order valence-corrected chi connectivity index (χ0v) is 18.1. The fourth-order valence-corrected chi connectivity index (χ4v) is 4.32. The predicted octanol–water partition coefficient (Wildman–Crippen LogP) is 5.20. The highest BCUT2D eigenvalue weighted by atomic mass is 35.5. The molecule has 1 aromatic heterocycles. The van der Waals surface area contributed by atoms with Gasteiger partial charge in [0.1, 0.15) is 11.5 Å². The van der Waals surface area contributed by atoms with Crippen LogP contribution in [0, 0.1) is 11.3 Å². The van der Waals surface area contributed by atoms with Crippen LogP contribution in [0.5, 0.6) is 11.5 Å². The quantitative estimate of drug-likeness (QED) is 0.579. The molecule has 1 amide bonds. The number of carbonyl (C=O) groups is 1. The number of piperidine rings is 1. The number of nitrogens with one attached hydrogen (secondary N) is 2. The molecule has 5 rings (SSSR count). The number of ether oxygens (including phenoxy) is 1. The van der Waals surface area contributed by atoms with Crippen molar-refractivity contribution in [2.24, 2.45) is 11.3 Å². The Balaban J connectivity index is 0.00000128. The monoisotopic (exact) mass is 445 g/mol. The average molecular weight is 446 g/mol. The summed E-state index contributed by atoms with van der Waals surface area (Å²) in [5, 5.41) is 7.42. The highest BCUT2D eigenvalue weighted by Crippen LogP contribution is 2.58. The van der Waals surface area contributed by atoms with Gasteiger partial charge in [-0.3, -0.25) is 9.78 Å². The van der Waals surface area contributed by atoms with Gasteiger partial charge in [-0.25, -0.2) is 0 Å². The minimum Gasteiger partial charge on any atom is -0.457 e. The average Bonchev–Trinajstić information content (AvgIpc) is 3.43. The first-order valence-electron chi connectivity index (χ1n) is 9.87. The molecule has 1 saturated heterocycles. The highest BCUT2D eigenvalue weighted by molar-refractivity contribution is 5.95. The van der Waals surface area contributed by atoms with Crippen LogP contribution in [0.3, 0.4) is 0 Å². The summed E-state index contributed by atoms with van der Waals surface area (Å²) in [6.45, 7) is 2.05. The molecule has 5 nitrogen and oxygen atoms in total. The van der Waals surface area contributed by atoms with E-state index in [-0.39, 0.29) is 42.1 Å². The smallest absolute Gasteiger partial charge is 0.228 e. The minimum absolute atomic E-state index is 0. The zero-order valence-electron chi connectivity index (χ0n) is 16.5. The van der Waals surface area contributed by atoms with E-state index >= 15 is 0 Å². The number of nitrogens with zero attached hydrogens (tertiary/aromatic N) is 1. The van der Waals surface area contributed by atoms with Crippen molar-refractivity contribution in [3.8, 4) is 11.5 Å². The van der Waals surface area contributed by atoms with Crippen LogP contribution >= 0.6 is 24.8 Å². The van der Waals surface area contributed by atoms with Crippen LogP contribution < -0.4 is 15.4 Å². The molecule has 3 aromatic rings. The molecule has 1 saturated carbocycles. The fraction of sp³-hybridized carbons (Fsp3) is 0.304. The van der Waals surface area contributed by atoms with Crippen molar-refractivity contribution in [1.82, 2.24) is 10.3 Å². The molecule has 1 unspecified atom stereocenters. The van der Waals surface area contributed by atoms with Crippen LogP contribution in [-0.2, 0) is 4.79 Å². The van der Waals surface area contributed by atoms with Gasteiger partial charge < -0.3 is 15.4 Å². The Morgan fingerprint density at radius 1 is 1.03 bits per heavy atom. The molecule has 2 heterocycles. The van der Waals surface area contributed by atoms with E-state index in [1.165, 1.54) is 0 Å². The molecule has 2 N–H and O–H groups in total. The van der Waals surface area contributed by atoms with E-state index in [1.54, 1.807) is 6.20 Å². The number of para-hydroxylation sites is 1. The van der Waals surface area contributed by atoms with E-state index in [0.717, 1.165) is 60.4 Å². The van der Waals surface area contributed by atoms with Gasteiger partial charge in [-0.05, 0) is 80.2 Å². The van der Waals surface area contributed by atoms with Crippen molar-refractivity contribution in [2.45, 2.75) is 19.3 Å². The molecule has 158 valence electrons. The summed E-state index contributed by atoms with van der Waals surface area (Å²) in [5.74, 6) is 1.81. The minimum atomic E-state index is 0. The molecule has 1 aliphatic heterocycles. The number of hydrogen-bond acceptors (Lipinski definition) is 4. The maximum Gasteiger partial charge on any atom is 0.228 e. The van der Waals surface area contributed by atoms with Gasteiger partial charge in [-0.15, -0.1) is 24.8 Å². The van der Waals surface area contributed by atoms with Gasteiger partial charge >= 0.3 is 0 Å². The fourth-order valence-electron chi connectivity index (χ4n) is 4.32. The molecule has 7 heteroatoms. The lowest BCUT2D eigenvalue weighted by Crippen LogP contribution is -2.31. The van der Waals surface area contributed by atoms with Gasteiger partial charge in [-0.2, -0.15) is 0 Å². The van der Waals surface area contributed by atoms with Crippen LogP contribution in [0.1, 0.15) is 19.3 Å². The predicted molar refractivity (Wildman–Crippen MR) is 124 cm³/mol. The lowest BCUT2D eigenvalue weighted by Gasteiger charge is -2.23. The molecule has 1 atom stereocenters. The molecule has 1 aliphatic carbocycles. The van der Waals surface area contributed by atoms with Gasteiger partial charge in [0, 0.05) is 23.2 Å². The van der Waals surface area contributed by atoms with Gasteiger partial charge in [0.05, 0.1) is 5.52 Å². The SMILES string of the molecule is Cl.Cl.O=C(Nc1ccc(Oc2ccnc3ccccc23)cc1)C1CC12CCNCC2. The Bertz CT molecular complexity index is 1020. The summed E-state index contributed by atoms with van der Waals surface area (Å²) in [4.78, 5) is 17.0. The van der Waals surface area contributed by atoms with E-state index in [0.29, 0.717) is 0 Å². The number of carbonyl (C=O) groups excluding carboxylic acids is 1. The second kappa shape index (κ2) is 9.21. The largest absolute Gasteiger partial charge is 0.457 e. The number of halogens is 2. The van der Waals surface area contributed by atoms with Gasteiger partial charge in [0.2, 0.25) is 5.91 Å². The second-order valence-corrected chi connectivity index (χ2v) is 7.81. The van der Waals surface area contributed by atoms with Crippen LogP contribution in [0.2, 0.25) is 0 Å².